The summed E-state index contributed by atoms with van der Waals surface area (Å²) < 4.78 is 1.69. The molecule has 0 aliphatic heterocycles. The molecule has 1 N–H and O–H groups in total. The van der Waals surface area contributed by atoms with Crippen molar-refractivity contribution < 1.29 is 9.90 Å². The van der Waals surface area contributed by atoms with Gasteiger partial charge in [0.05, 0.1) is 5.69 Å². The molecule has 0 aromatic carbocycles. The van der Waals surface area contributed by atoms with E-state index in [0.29, 0.717) is 17.5 Å². The predicted octanol–water partition coefficient (Wildman–Crippen LogP) is 1.87. The van der Waals surface area contributed by atoms with Crippen LogP contribution in [-0.2, 0) is 6.54 Å². The topological polar surface area (TPSA) is 55.1 Å². The predicted molar refractivity (Wildman–Crippen MR) is 53.9 cm³/mol. The fourth-order valence-corrected chi connectivity index (χ4v) is 1.87. The van der Waals surface area contributed by atoms with Crippen molar-refractivity contribution in [1.82, 2.24) is 9.78 Å². The third-order valence-electron chi connectivity index (χ3n) is 3.14. The van der Waals surface area contributed by atoms with Crippen LogP contribution in [0.3, 0.4) is 0 Å². The summed E-state index contributed by atoms with van der Waals surface area (Å²) in [6.45, 7) is 0.786. The van der Waals surface area contributed by atoms with E-state index in [4.69, 9.17) is 5.11 Å². The van der Waals surface area contributed by atoms with Crippen LogP contribution in [0, 0.1) is 5.92 Å². The number of aromatic nitrogens is 2. The minimum absolute atomic E-state index is 0.365. The molecule has 0 saturated heterocycles. The first-order valence-corrected chi connectivity index (χ1v) is 5.55. The fourth-order valence-electron chi connectivity index (χ4n) is 1.87. The molecule has 0 amide bonds. The molecular formula is C11H14N2O2. The molecule has 0 spiro atoms. The first-order chi connectivity index (χ1) is 7.24. The van der Waals surface area contributed by atoms with Crippen molar-refractivity contribution in [1.29, 1.82) is 0 Å². The number of aromatic carboxylic acids is 1. The van der Waals surface area contributed by atoms with E-state index in [9.17, 15) is 4.79 Å². The molecule has 0 radical (unpaired) electrons. The lowest BCUT2D eigenvalue weighted by molar-refractivity contribution is 0.0682. The number of hydrogen-bond acceptors (Lipinski definition) is 2. The van der Waals surface area contributed by atoms with Gasteiger partial charge in [-0.2, -0.15) is 5.10 Å². The Morgan fingerprint density at radius 1 is 1.47 bits per heavy atom. The highest BCUT2D eigenvalue weighted by Crippen LogP contribution is 2.40. The van der Waals surface area contributed by atoms with Crippen molar-refractivity contribution in [3.8, 4) is 0 Å². The zero-order valence-electron chi connectivity index (χ0n) is 8.52. The quantitative estimate of drug-likeness (QED) is 0.818. The molecule has 2 saturated carbocycles. The van der Waals surface area contributed by atoms with E-state index >= 15 is 0 Å². The Labute approximate surface area is 87.9 Å². The normalized spacial score (nSPS) is 20.5. The number of nitrogens with zero attached hydrogens (tertiary/aromatic N) is 2. The smallest absolute Gasteiger partial charge is 0.354 e. The van der Waals surface area contributed by atoms with Gasteiger partial charge in [-0.15, -0.1) is 0 Å². The lowest BCUT2D eigenvalue weighted by atomic mass is 10.2. The van der Waals surface area contributed by atoms with Crippen molar-refractivity contribution in [3.05, 3.63) is 17.5 Å². The van der Waals surface area contributed by atoms with Gasteiger partial charge in [0.25, 0.3) is 0 Å². The van der Waals surface area contributed by atoms with Crippen molar-refractivity contribution >= 4 is 5.97 Å². The average molecular weight is 206 g/mol. The molecule has 4 nitrogen and oxygen atoms in total. The number of rotatable bonds is 4. The second-order valence-corrected chi connectivity index (χ2v) is 4.66. The van der Waals surface area contributed by atoms with Crippen LogP contribution >= 0.6 is 0 Å². The maximum atomic E-state index is 11.0. The summed E-state index contributed by atoms with van der Waals surface area (Å²) in [5, 5.41) is 13.5. The van der Waals surface area contributed by atoms with Crippen molar-refractivity contribution in [2.75, 3.05) is 0 Å². The second-order valence-electron chi connectivity index (χ2n) is 4.66. The third kappa shape index (κ3) is 1.76. The van der Waals surface area contributed by atoms with E-state index in [1.165, 1.54) is 25.7 Å². The first kappa shape index (κ1) is 8.95. The molecule has 2 aliphatic carbocycles. The van der Waals surface area contributed by atoms with Crippen molar-refractivity contribution in [2.45, 2.75) is 38.1 Å². The van der Waals surface area contributed by atoms with Crippen LogP contribution in [0.4, 0.5) is 0 Å². The Morgan fingerprint density at radius 3 is 2.73 bits per heavy atom. The molecule has 80 valence electrons. The van der Waals surface area contributed by atoms with Gasteiger partial charge in [0.1, 0.15) is 5.69 Å². The van der Waals surface area contributed by atoms with Gasteiger partial charge < -0.3 is 5.11 Å². The van der Waals surface area contributed by atoms with Crippen LogP contribution in [0.5, 0.6) is 0 Å². The van der Waals surface area contributed by atoms with E-state index in [2.05, 4.69) is 5.10 Å². The van der Waals surface area contributed by atoms with Crippen LogP contribution in [0.25, 0.3) is 0 Å². The molecular weight excluding hydrogens is 192 g/mol. The fraction of sp³-hybridized carbons (Fsp3) is 0.636. The Bertz CT molecular complexity index is 403. The minimum Gasteiger partial charge on any atom is -0.477 e. The SMILES string of the molecule is O=C(O)c1cc(C2CC2)nn1CC1CC1. The summed E-state index contributed by atoms with van der Waals surface area (Å²) in [7, 11) is 0. The van der Waals surface area contributed by atoms with Gasteiger partial charge in [0.2, 0.25) is 0 Å². The zero-order valence-corrected chi connectivity index (χ0v) is 8.52. The van der Waals surface area contributed by atoms with Gasteiger partial charge in [-0.05, 0) is 37.7 Å². The summed E-state index contributed by atoms with van der Waals surface area (Å²) >= 11 is 0. The summed E-state index contributed by atoms with van der Waals surface area (Å²) in [5.41, 5.74) is 1.34. The summed E-state index contributed by atoms with van der Waals surface area (Å²) in [6.07, 6.45) is 4.77. The minimum atomic E-state index is -0.852. The second kappa shape index (κ2) is 3.08. The molecule has 2 aliphatic rings. The van der Waals surface area contributed by atoms with E-state index in [1.54, 1.807) is 10.7 Å². The monoisotopic (exact) mass is 206 g/mol. The van der Waals surface area contributed by atoms with E-state index < -0.39 is 5.97 Å². The standard InChI is InChI=1S/C11H14N2O2/c14-11(15)10-5-9(8-3-4-8)12-13(10)6-7-1-2-7/h5,7-8H,1-4,6H2,(H,14,15). The Balaban J connectivity index is 1.89. The maximum Gasteiger partial charge on any atom is 0.354 e. The average Bonchev–Trinajstić information content (AvgIpc) is 3.05. The molecule has 15 heavy (non-hydrogen) atoms. The molecule has 1 heterocycles. The van der Waals surface area contributed by atoms with Crippen LogP contribution in [0.1, 0.15) is 47.8 Å². The van der Waals surface area contributed by atoms with Crippen molar-refractivity contribution in [2.24, 2.45) is 5.92 Å². The van der Waals surface area contributed by atoms with Gasteiger partial charge in [0, 0.05) is 12.5 Å². The largest absolute Gasteiger partial charge is 0.477 e. The Morgan fingerprint density at radius 2 is 2.20 bits per heavy atom. The van der Waals surface area contributed by atoms with E-state index in [0.717, 1.165) is 12.2 Å². The Kier molecular flexibility index (Phi) is 1.84. The first-order valence-electron chi connectivity index (χ1n) is 5.55. The van der Waals surface area contributed by atoms with Crippen LogP contribution < -0.4 is 0 Å². The molecule has 1 aromatic heterocycles. The zero-order chi connectivity index (χ0) is 10.4. The molecule has 4 heteroatoms. The van der Waals surface area contributed by atoms with Crippen LogP contribution in [-0.4, -0.2) is 20.9 Å². The summed E-state index contributed by atoms with van der Waals surface area (Å²) in [4.78, 5) is 11.0. The third-order valence-corrected chi connectivity index (χ3v) is 3.14. The van der Waals surface area contributed by atoms with Gasteiger partial charge in [-0.1, -0.05) is 0 Å². The van der Waals surface area contributed by atoms with Gasteiger partial charge >= 0.3 is 5.97 Å². The Hall–Kier alpha value is -1.32. The molecule has 1 aromatic rings. The highest BCUT2D eigenvalue weighted by atomic mass is 16.4. The van der Waals surface area contributed by atoms with E-state index in [1.807, 2.05) is 0 Å². The van der Waals surface area contributed by atoms with Crippen LogP contribution in [0.2, 0.25) is 0 Å². The number of hydrogen-bond donors (Lipinski definition) is 1. The number of carboxylic acids is 1. The van der Waals surface area contributed by atoms with Gasteiger partial charge in [-0.25, -0.2) is 4.79 Å². The summed E-state index contributed by atoms with van der Waals surface area (Å²) in [5.74, 6) is 0.341. The lowest BCUT2D eigenvalue weighted by Gasteiger charge is -2.01. The van der Waals surface area contributed by atoms with Gasteiger partial charge in [0.15, 0.2) is 0 Å². The van der Waals surface area contributed by atoms with Crippen LogP contribution in [0.15, 0.2) is 6.07 Å². The molecule has 3 rings (SSSR count). The molecule has 2 fully saturated rings. The van der Waals surface area contributed by atoms with Crippen molar-refractivity contribution in [3.63, 3.8) is 0 Å². The highest BCUT2D eigenvalue weighted by Gasteiger charge is 2.30. The maximum absolute atomic E-state index is 11.0. The number of carboxylic acid groups (broad SMARTS) is 1. The number of carbonyl (C=O) groups is 1. The molecule has 0 atom stereocenters. The lowest BCUT2D eigenvalue weighted by Crippen LogP contribution is -2.11. The van der Waals surface area contributed by atoms with Gasteiger partial charge in [-0.3, -0.25) is 4.68 Å². The summed E-state index contributed by atoms with van der Waals surface area (Å²) in [6, 6.07) is 1.75. The van der Waals surface area contributed by atoms with E-state index in [-0.39, 0.29) is 0 Å². The molecule has 0 bridgehead atoms. The molecule has 0 unspecified atom stereocenters. The highest BCUT2D eigenvalue weighted by molar-refractivity contribution is 5.85.